The Morgan fingerprint density at radius 1 is 1.07 bits per heavy atom. The van der Waals surface area contributed by atoms with Crippen LogP contribution in [0.15, 0.2) is 41.3 Å². The Morgan fingerprint density at radius 3 is 2.34 bits per heavy atom. The normalized spacial score (nSPS) is 20.6. The van der Waals surface area contributed by atoms with Crippen LogP contribution in [0.3, 0.4) is 0 Å². The summed E-state index contributed by atoms with van der Waals surface area (Å²) in [6.45, 7) is 0. The molecule has 2 aromatic rings. The SMILES string of the molecule is COc1ccc2c(c1)CCC(C(O)C1(Sc3c(OC)cccc3OC)CC1)C2=O. The lowest BCUT2D eigenvalue weighted by Crippen LogP contribution is -2.40. The molecule has 2 aliphatic rings. The van der Waals surface area contributed by atoms with Crippen LogP contribution in [0.1, 0.15) is 35.2 Å². The highest BCUT2D eigenvalue weighted by molar-refractivity contribution is 8.01. The van der Waals surface area contributed by atoms with Gasteiger partial charge in [0.05, 0.1) is 38.2 Å². The van der Waals surface area contributed by atoms with Gasteiger partial charge in [-0.25, -0.2) is 0 Å². The van der Waals surface area contributed by atoms with Crippen molar-refractivity contribution in [1.82, 2.24) is 0 Å². The molecular weight excluding hydrogens is 388 g/mol. The molecule has 6 heteroatoms. The van der Waals surface area contributed by atoms with E-state index in [1.807, 2.05) is 36.4 Å². The monoisotopic (exact) mass is 414 g/mol. The number of benzene rings is 2. The minimum Gasteiger partial charge on any atom is -0.497 e. The molecule has 4 rings (SSSR count). The fourth-order valence-electron chi connectivity index (χ4n) is 4.16. The molecule has 1 saturated carbocycles. The van der Waals surface area contributed by atoms with E-state index < -0.39 is 12.0 Å². The summed E-state index contributed by atoms with van der Waals surface area (Å²) in [5, 5.41) is 11.3. The molecule has 1 N–H and O–H groups in total. The highest BCUT2D eigenvalue weighted by atomic mass is 32.2. The van der Waals surface area contributed by atoms with E-state index in [1.54, 1.807) is 33.1 Å². The second-order valence-electron chi connectivity index (χ2n) is 7.64. The van der Waals surface area contributed by atoms with E-state index in [2.05, 4.69) is 0 Å². The average Bonchev–Trinajstić information content (AvgIpc) is 3.54. The summed E-state index contributed by atoms with van der Waals surface area (Å²) in [6, 6.07) is 11.2. The highest BCUT2D eigenvalue weighted by Crippen LogP contribution is 2.59. The van der Waals surface area contributed by atoms with Crippen LogP contribution >= 0.6 is 11.8 Å². The lowest BCUT2D eigenvalue weighted by atomic mass is 9.78. The molecule has 2 unspecified atom stereocenters. The number of carbonyl (C=O) groups is 1. The lowest BCUT2D eigenvalue weighted by Gasteiger charge is -2.32. The first-order valence-corrected chi connectivity index (χ1v) is 10.6. The van der Waals surface area contributed by atoms with E-state index in [4.69, 9.17) is 14.2 Å². The van der Waals surface area contributed by atoms with Gasteiger partial charge in [0.1, 0.15) is 17.2 Å². The first-order valence-electron chi connectivity index (χ1n) is 9.82. The number of carbonyl (C=O) groups excluding carboxylic acids is 1. The van der Waals surface area contributed by atoms with Crippen molar-refractivity contribution in [2.24, 2.45) is 5.92 Å². The number of fused-ring (bicyclic) bond motifs is 1. The average molecular weight is 415 g/mol. The Morgan fingerprint density at radius 2 is 1.76 bits per heavy atom. The number of aryl methyl sites for hydroxylation is 1. The van der Waals surface area contributed by atoms with Crippen LogP contribution in [0.4, 0.5) is 0 Å². The number of Topliss-reactive ketones (excluding diaryl/α,β-unsaturated/α-hetero) is 1. The second kappa shape index (κ2) is 7.92. The number of thioether (sulfide) groups is 1. The molecule has 0 heterocycles. The molecule has 5 nitrogen and oxygen atoms in total. The van der Waals surface area contributed by atoms with Crippen molar-refractivity contribution in [2.75, 3.05) is 21.3 Å². The topological polar surface area (TPSA) is 65.0 Å². The Bertz CT molecular complexity index is 899. The number of ether oxygens (including phenoxy) is 3. The summed E-state index contributed by atoms with van der Waals surface area (Å²) in [7, 11) is 4.88. The van der Waals surface area contributed by atoms with Gasteiger partial charge >= 0.3 is 0 Å². The number of aliphatic hydroxyl groups excluding tert-OH is 1. The largest absolute Gasteiger partial charge is 0.497 e. The summed E-state index contributed by atoms with van der Waals surface area (Å²) in [5.41, 5.74) is 1.71. The minimum atomic E-state index is -0.718. The van der Waals surface area contributed by atoms with E-state index in [0.717, 1.165) is 47.0 Å². The molecule has 2 atom stereocenters. The van der Waals surface area contributed by atoms with Crippen molar-refractivity contribution in [2.45, 2.75) is 41.4 Å². The van der Waals surface area contributed by atoms with Crippen LogP contribution in [-0.2, 0) is 6.42 Å². The first-order chi connectivity index (χ1) is 14.0. The molecule has 0 saturated heterocycles. The van der Waals surface area contributed by atoms with E-state index >= 15 is 0 Å². The zero-order chi connectivity index (χ0) is 20.6. The predicted molar refractivity (Wildman–Crippen MR) is 113 cm³/mol. The summed E-state index contributed by atoms with van der Waals surface area (Å²) in [4.78, 5) is 14.0. The van der Waals surface area contributed by atoms with Crippen molar-refractivity contribution in [3.05, 3.63) is 47.5 Å². The van der Waals surface area contributed by atoms with E-state index in [9.17, 15) is 9.90 Å². The zero-order valence-electron chi connectivity index (χ0n) is 16.9. The molecule has 29 heavy (non-hydrogen) atoms. The molecule has 0 spiro atoms. The Kier molecular flexibility index (Phi) is 5.49. The van der Waals surface area contributed by atoms with Gasteiger partial charge < -0.3 is 19.3 Å². The standard InChI is InChI=1S/C23H26O5S/c1-26-15-8-10-16-14(13-15)7-9-17(20(16)24)22(25)23(11-12-23)29-21-18(27-2)5-4-6-19(21)28-3/h4-6,8,10,13,17,22,25H,7,9,11-12H2,1-3H3. The minimum absolute atomic E-state index is 0.0280. The van der Waals surface area contributed by atoms with Crippen LogP contribution < -0.4 is 14.2 Å². The quantitative estimate of drug-likeness (QED) is 0.735. The van der Waals surface area contributed by atoms with E-state index in [0.29, 0.717) is 12.0 Å². The summed E-state index contributed by atoms with van der Waals surface area (Å²) in [5.74, 6) is 1.83. The first kappa shape index (κ1) is 20.1. The molecule has 2 aromatic carbocycles. The van der Waals surface area contributed by atoms with Crippen LogP contribution in [0.25, 0.3) is 0 Å². The molecule has 0 bridgehead atoms. The van der Waals surface area contributed by atoms with Crippen molar-refractivity contribution < 1.29 is 24.1 Å². The molecule has 1 fully saturated rings. The van der Waals surface area contributed by atoms with Gasteiger partial charge in [-0.15, -0.1) is 11.8 Å². The zero-order valence-corrected chi connectivity index (χ0v) is 17.8. The number of aliphatic hydroxyl groups is 1. The van der Waals surface area contributed by atoms with Crippen molar-refractivity contribution in [1.29, 1.82) is 0 Å². The Hall–Kier alpha value is -2.18. The van der Waals surface area contributed by atoms with Gasteiger partial charge in [0.2, 0.25) is 0 Å². The molecule has 0 amide bonds. The predicted octanol–water partition coefficient (Wildman–Crippen LogP) is 4.14. The second-order valence-corrected chi connectivity index (χ2v) is 9.06. The van der Waals surface area contributed by atoms with Gasteiger partial charge in [0.25, 0.3) is 0 Å². The Balaban J connectivity index is 1.59. The van der Waals surface area contributed by atoms with E-state index in [1.165, 1.54) is 0 Å². The number of ketones is 1. The molecular formula is C23H26O5S. The molecule has 0 aromatic heterocycles. The third-order valence-corrected chi connectivity index (χ3v) is 7.65. The fraction of sp³-hybridized carbons (Fsp3) is 0.435. The van der Waals surface area contributed by atoms with Crippen LogP contribution in [0, 0.1) is 5.92 Å². The van der Waals surface area contributed by atoms with Gasteiger partial charge in [-0.3, -0.25) is 4.79 Å². The molecule has 2 aliphatic carbocycles. The van der Waals surface area contributed by atoms with Gasteiger partial charge in [-0.05, 0) is 61.6 Å². The van der Waals surface area contributed by atoms with Crippen molar-refractivity contribution in [3.8, 4) is 17.2 Å². The third-order valence-electron chi connectivity index (χ3n) is 5.99. The van der Waals surface area contributed by atoms with Crippen LogP contribution in [-0.4, -0.2) is 43.1 Å². The van der Waals surface area contributed by atoms with Crippen molar-refractivity contribution in [3.63, 3.8) is 0 Å². The van der Waals surface area contributed by atoms with Gasteiger partial charge in [0, 0.05) is 10.3 Å². The maximum absolute atomic E-state index is 13.2. The Labute approximate surface area is 175 Å². The smallest absolute Gasteiger partial charge is 0.168 e. The van der Waals surface area contributed by atoms with Crippen LogP contribution in [0.2, 0.25) is 0 Å². The number of methoxy groups -OCH3 is 3. The number of rotatable bonds is 7. The fourth-order valence-corrected chi connectivity index (χ4v) is 5.66. The maximum Gasteiger partial charge on any atom is 0.168 e. The van der Waals surface area contributed by atoms with E-state index in [-0.39, 0.29) is 10.5 Å². The third kappa shape index (κ3) is 3.60. The van der Waals surface area contributed by atoms with Gasteiger partial charge in [0.15, 0.2) is 5.78 Å². The van der Waals surface area contributed by atoms with Crippen molar-refractivity contribution >= 4 is 17.5 Å². The maximum atomic E-state index is 13.2. The number of hydrogen-bond donors (Lipinski definition) is 1. The highest BCUT2D eigenvalue weighted by Gasteiger charge is 2.55. The molecule has 154 valence electrons. The molecule has 0 aliphatic heterocycles. The number of hydrogen-bond acceptors (Lipinski definition) is 6. The summed E-state index contributed by atoms with van der Waals surface area (Å²) >= 11 is 1.58. The summed E-state index contributed by atoms with van der Waals surface area (Å²) in [6.07, 6.45) is 2.41. The lowest BCUT2D eigenvalue weighted by molar-refractivity contribution is 0.0609. The van der Waals surface area contributed by atoms with Gasteiger partial charge in [-0.1, -0.05) is 6.07 Å². The summed E-state index contributed by atoms with van der Waals surface area (Å²) < 4.78 is 15.9. The van der Waals surface area contributed by atoms with Crippen LogP contribution in [0.5, 0.6) is 17.2 Å². The van der Waals surface area contributed by atoms with Gasteiger partial charge in [-0.2, -0.15) is 0 Å². The molecule has 0 radical (unpaired) electrons.